The molecule has 0 fully saturated rings. The minimum Gasteiger partial charge on any atom is -0.398 e. The predicted molar refractivity (Wildman–Crippen MR) is 72.0 cm³/mol. The molecular formula is C14H17F2N3. The number of rotatable bonds is 4. The number of nitrogens with two attached hydrogens (primary N) is 1. The molecule has 5 heteroatoms. The van der Waals surface area contributed by atoms with E-state index in [0.29, 0.717) is 16.8 Å². The number of halogens is 2. The Bertz CT molecular complexity index is 576. The van der Waals surface area contributed by atoms with Gasteiger partial charge in [0.15, 0.2) is 0 Å². The van der Waals surface area contributed by atoms with Crippen molar-refractivity contribution in [3.05, 3.63) is 35.7 Å². The van der Waals surface area contributed by atoms with E-state index in [1.54, 1.807) is 30.2 Å². The van der Waals surface area contributed by atoms with E-state index in [1.807, 2.05) is 6.92 Å². The number of anilines is 1. The zero-order valence-electron chi connectivity index (χ0n) is 11.0. The molecule has 0 saturated heterocycles. The van der Waals surface area contributed by atoms with E-state index in [4.69, 9.17) is 5.73 Å². The number of nitrogens with zero attached hydrogens (tertiary/aromatic N) is 2. The van der Waals surface area contributed by atoms with E-state index in [9.17, 15) is 8.78 Å². The summed E-state index contributed by atoms with van der Waals surface area (Å²) in [7, 11) is 1.76. The topological polar surface area (TPSA) is 43.8 Å². The highest BCUT2D eigenvalue weighted by Gasteiger charge is 2.17. The molecule has 2 rings (SSSR count). The van der Waals surface area contributed by atoms with Crippen LogP contribution in [0.3, 0.4) is 0 Å². The lowest BCUT2D eigenvalue weighted by atomic mass is 9.96. The first-order chi connectivity index (χ1) is 9.02. The van der Waals surface area contributed by atoms with Crippen molar-refractivity contribution in [1.82, 2.24) is 9.78 Å². The van der Waals surface area contributed by atoms with Crippen LogP contribution in [-0.4, -0.2) is 9.78 Å². The molecule has 0 radical (unpaired) electrons. The molecule has 0 amide bonds. The molecule has 0 aliphatic heterocycles. The van der Waals surface area contributed by atoms with Crippen LogP contribution in [0.4, 0.5) is 14.5 Å². The Balaban J connectivity index is 2.58. The molecular weight excluding hydrogens is 248 g/mol. The van der Waals surface area contributed by atoms with Crippen LogP contribution in [0.15, 0.2) is 24.5 Å². The van der Waals surface area contributed by atoms with Gasteiger partial charge < -0.3 is 5.73 Å². The van der Waals surface area contributed by atoms with Crippen LogP contribution in [0, 0.1) is 0 Å². The van der Waals surface area contributed by atoms with Gasteiger partial charge in [-0.2, -0.15) is 5.10 Å². The second-order valence-electron chi connectivity index (χ2n) is 4.59. The highest BCUT2D eigenvalue weighted by Crippen LogP contribution is 2.34. The largest absolute Gasteiger partial charge is 0.398 e. The molecule has 0 spiro atoms. The van der Waals surface area contributed by atoms with E-state index < -0.39 is 6.43 Å². The van der Waals surface area contributed by atoms with Crippen molar-refractivity contribution in [2.45, 2.75) is 26.2 Å². The van der Waals surface area contributed by atoms with Gasteiger partial charge in [-0.15, -0.1) is 0 Å². The van der Waals surface area contributed by atoms with Gasteiger partial charge in [-0.3, -0.25) is 4.68 Å². The van der Waals surface area contributed by atoms with Crippen LogP contribution in [0.5, 0.6) is 0 Å². The maximum absolute atomic E-state index is 13.1. The molecule has 0 saturated carbocycles. The average Bonchev–Trinajstić information content (AvgIpc) is 2.78. The second kappa shape index (κ2) is 5.38. The molecule has 1 aromatic carbocycles. The molecule has 0 aliphatic carbocycles. The minimum atomic E-state index is -2.55. The lowest BCUT2D eigenvalue weighted by Gasteiger charge is -2.12. The molecule has 2 N–H and O–H groups in total. The number of hydrogen-bond donors (Lipinski definition) is 1. The fourth-order valence-electron chi connectivity index (χ4n) is 2.16. The normalized spacial score (nSPS) is 11.2. The lowest BCUT2D eigenvalue weighted by molar-refractivity contribution is 0.152. The van der Waals surface area contributed by atoms with Gasteiger partial charge in [0.25, 0.3) is 6.43 Å². The Hall–Kier alpha value is -1.91. The van der Waals surface area contributed by atoms with Gasteiger partial charge in [0.1, 0.15) is 0 Å². The third-order valence-electron chi connectivity index (χ3n) is 3.08. The number of aryl methyl sites for hydroxylation is 2. The Morgan fingerprint density at radius 2 is 2.11 bits per heavy atom. The van der Waals surface area contributed by atoms with Crippen LogP contribution in [0.25, 0.3) is 11.1 Å². The summed E-state index contributed by atoms with van der Waals surface area (Å²) in [5, 5.41) is 4.03. The third kappa shape index (κ3) is 2.75. The van der Waals surface area contributed by atoms with Gasteiger partial charge in [-0.25, -0.2) is 8.78 Å². The summed E-state index contributed by atoms with van der Waals surface area (Å²) in [6.07, 6.45) is 2.47. The molecule has 102 valence electrons. The number of nitrogen functional groups attached to an aromatic ring is 1. The Morgan fingerprint density at radius 3 is 2.63 bits per heavy atom. The fraction of sp³-hybridized carbons (Fsp3) is 0.357. The standard InChI is InChI=1S/C14H17F2N3/c1-3-4-9-5-11(10-7-18-19(2)8-10)12(14(15)16)6-13(9)17/h5-8,14H,3-4,17H2,1-2H3. The Labute approximate surface area is 111 Å². The first kappa shape index (κ1) is 13.5. The van der Waals surface area contributed by atoms with E-state index in [1.165, 1.54) is 6.07 Å². The lowest BCUT2D eigenvalue weighted by Crippen LogP contribution is -1.99. The summed E-state index contributed by atoms with van der Waals surface area (Å²) in [5.41, 5.74) is 8.35. The minimum absolute atomic E-state index is 0.0367. The zero-order valence-corrected chi connectivity index (χ0v) is 11.0. The maximum atomic E-state index is 13.1. The first-order valence-electron chi connectivity index (χ1n) is 6.22. The van der Waals surface area contributed by atoms with E-state index in [0.717, 1.165) is 18.4 Å². The summed E-state index contributed by atoms with van der Waals surface area (Å²) in [6, 6.07) is 3.15. The van der Waals surface area contributed by atoms with Gasteiger partial charge in [-0.1, -0.05) is 13.3 Å². The summed E-state index contributed by atoms with van der Waals surface area (Å²) in [4.78, 5) is 0. The van der Waals surface area contributed by atoms with Crippen LogP contribution >= 0.6 is 0 Å². The zero-order chi connectivity index (χ0) is 14.0. The van der Waals surface area contributed by atoms with Crippen LogP contribution in [-0.2, 0) is 13.5 Å². The van der Waals surface area contributed by atoms with Crippen molar-refractivity contribution in [2.75, 3.05) is 5.73 Å². The van der Waals surface area contributed by atoms with Crippen molar-refractivity contribution < 1.29 is 8.78 Å². The quantitative estimate of drug-likeness (QED) is 0.859. The molecule has 2 aromatic rings. The van der Waals surface area contributed by atoms with Gasteiger partial charge in [0, 0.05) is 30.1 Å². The van der Waals surface area contributed by atoms with Gasteiger partial charge in [0.2, 0.25) is 0 Å². The van der Waals surface area contributed by atoms with Crippen molar-refractivity contribution in [3.8, 4) is 11.1 Å². The average molecular weight is 265 g/mol. The molecule has 0 aliphatic rings. The van der Waals surface area contributed by atoms with Crippen LogP contribution in [0.1, 0.15) is 30.9 Å². The van der Waals surface area contributed by atoms with Gasteiger partial charge >= 0.3 is 0 Å². The smallest absolute Gasteiger partial charge is 0.264 e. The summed E-state index contributed by atoms with van der Waals surface area (Å²) in [6.45, 7) is 2.03. The van der Waals surface area contributed by atoms with Crippen molar-refractivity contribution in [3.63, 3.8) is 0 Å². The molecule has 19 heavy (non-hydrogen) atoms. The SMILES string of the molecule is CCCc1cc(-c2cnn(C)c2)c(C(F)F)cc1N. The molecule has 0 unspecified atom stereocenters. The molecule has 1 aromatic heterocycles. The van der Waals surface area contributed by atoms with Crippen molar-refractivity contribution >= 4 is 5.69 Å². The summed E-state index contributed by atoms with van der Waals surface area (Å²) in [5.74, 6) is 0. The van der Waals surface area contributed by atoms with Crippen LogP contribution in [0.2, 0.25) is 0 Å². The summed E-state index contributed by atoms with van der Waals surface area (Å²) >= 11 is 0. The van der Waals surface area contributed by atoms with E-state index >= 15 is 0 Å². The molecule has 0 bridgehead atoms. The maximum Gasteiger partial charge on any atom is 0.264 e. The van der Waals surface area contributed by atoms with Gasteiger partial charge in [0.05, 0.1) is 6.20 Å². The monoisotopic (exact) mass is 265 g/mol. The summed E-state index contributed by atoms with van der Waals surface area (Å²) < 4.78 is 27.9. The van der Waals surface area contributed by atoms with Crippen LogP contribution < -0.4 is 5.73 Å². The Kier molecular flexibility index (Phi) is 3.83. The van der Waals surface area contributed by atoms with Gasteiger partial charge in [-0.05, 0) is 29.7 Å². The van der Waals surface area contributed by atoms with Crippen molar-refractivity contribution in [2.24, 2.45) is 7.05 Å². The number of benzene rings is 1. The highest BCUT2D eigenvalue weighted by molar-refractivity contribution is 5.71. The third-order valence-corrected chi connectivity index (χ3v) is 3.08. The molecule has 0 atom stereocenters. The van der Waals surface area contributed by atoms with E-state index in [2.05, 4.69) is 5.10 Å². The fourth-order valence-corrected chi connectivity index (χ4v) is 2.16. The first-order valence-corrected chi connectivity index (χ1v) is 6.22. The Morgan fingerprint density at radius 1 is 1.37 bits per heavy atom. The number of alkyl halides is 2. The molecule has 3 nitrogen and oxygen atoms in total. The van der Waals surface area contributed by atoms with Crippen molar-refractivity contribution in [1.29, 1.82) is 0 Å². The number of hydrogen-bond acceptors (Lipinski definition) is 2. The predicted octanol–water partition coefficient (Wildman–Crippen LogP) is 3.56. The highest BCUT2D eigenvalue weighted by atomic mass is 19.3. The molecule has 1 heterocycles. The van der Waals surface area contributed by atoms with E-state index in [-0.39, 0.29) is 5.56 Å². The second-order valence-corrected chi connectivity index (χ2v) is 4.59. The number of aromatic nitrogens is 2.